The van der Waals surface area contributed by atoms with Crippen LogP contribution in [0.1, 0.15) is 0 Å². The summed E-state index contributed by atoms with van der Waals surface area (Å²) in [5.74, 6) is 0.0866. The van der Waals surface area contributed by atoms with E-state index < -0.39 is 17.9 Å². The number of nitrogens with one attached hydrogen (secondary N) is 1. The number of aliphatic hydroxyl groups excluding tert-OH is 1. The topological polar surface area (TPSA) is 86.3 Å². The molecule has 0 bridgehead atoms. The van der Waals surface area contributed by atoms with Crippen LogP contribution in [-0.4, -0.2) is 57.2 Å². The zero-order chi connectivity index (χ0) is 20.2. The number of hydrogen-bond donors (Lipinski definition) is 2. The van der Waals surface area contributed by atoms with Crippen molar-refractivity contribution in [2.24, 2.45) is 0 Å². The van der Waals surface area contributed by atoms with Crippen molar-refractivity contribution in [1.82, 2.24) is 5.32 Å². The molecular weight excluding hydrogens is 369 g/mol. The lowest BCUT2D eigenvalue weighted by atomic mass is 10.3. The summed E-state index contributed by atoms with van der Waals surface area (Å²) in [7, 11) is 1.29. The monoisotopic (exact) mass is 393 g/mol. The summed E-state index contributed by atoms with van der Waals surface area (Å²) >= 11 is 0. The number of para-hydroxylation sites is 3. The lowest BCUT2D eigenvalue weighted by molar-refractivity contribution is -0.142. The predicted molar refractivity (Wildman–Crippen MR) is 100 cm³/mol. The Morgan fingerprint density at radius 1 is 1.04 bits per heavy atom. The Morgan fingerprint density at radius 3 is 2.36 bits per heavy atom. The standard InChI is InChI=1S/C20H24FNO6/c1-25-20(24)14-28-19-9-5-4-8-18(19)26-11-10-22-12-15(23)13-27-17-7-3-2-6-16(17)21/h2-9,15,22-23H,10-14H2,1H3. The first-order valence-electron chi connectivity index (χ1n) is 8.77. The van der Waals surface area contributed by atoms with E-state index in [4.69, 9.17) is 14.2 Å². The van der Waals surface area contributed by atoms with E-state index in [0.717, 1.165) is 0 Å². The molecule has 2 rings (SSSR count). The highest BCUT2D eigenvalue weighted by Gasteiger charge is 2.09. The summed E-state index contributed by atoms with van der Waals surface area (Å²) in [6.45, 7) is 0.808. The number of esters is 1. The van der Waals surface area contributed by atoms with E-state index in [0.29, 0.717) is 24.7 Å². The van der Waals surface area contributed by atoms with Gasteiger partial charge in [-0.15, -0.1) is 0 Å². The molecule has 0 saturated heterocycles. The molecule has 28 heavy (non-hydrogen) atoms. The van der Waals surface area contributed by atoms with Gasteiger partial charge >= 0.3 is 5.97 Å². The largest absolute Gasteiger partial charge is 0.488 e. The minimum Gasteiger partial charge on any atom is -0.488 e. The number of hydrogen-bond acceptors (Lipinski definition) is 7. The fourth-order valence-corrected chi connectivity index (χ4v) is 2.19. The molecular formula is C20H24FNO6. The van der Waals surface area contributed by atoms with Crippen molar-refractivity contribution < 1.29 is 33.2 Å². The third-order valence-electron chi connectivity index (χ3n) is 3.61. The highest BCUT2D eigenvalue weighted by Crippen LogP contribution is 2.26. The predicted octanol–water partition coefficient (Wildman–Crippen LogP) is 1.79. The summed E-state index contributed by atoms with van der Waals surface area (Å²) in [6.07, 6.45) is -0.796. The molecule has 0 aliphatic carbocycles. The number of aliphatic hydroxyl groups is 1. The molecule has 0 radical (unpaired) electrons. The first kappa shape index (κ1) is 21.5. The number of rotatable bonds is 12. The maximum atomic E-state index is 13.4. The van der Waals surface area contributed by atoms with Gasteiger partial charge in [0.25, 0.3) is 0 Å². The fraction of sp³-hybridized carbons (Fsp3) is 0.350. The molecule has 0 amide bonds. The van der Waals surface area contributed by atoms with Crippen molar-refractivity contribution in [2.45, 2.75) is 6.10 Å². The third-order valence-corrected chi connectivity index (χ3v) is 3.61. The van der Waals surface area contributed by atoms with Crippen LogP contribution in [0.5, 0.6) is 17.2 Å². The molecule has 8 heteroatoms. The molecule has 2 N–H and O–H groups in total. The van der Waals surface area contributed by atoms with Crippen molar-refractivity contribution in [3.05, 3.63) is 54.3 Å². The van der Waals surface area contributed by atoms with Crippen molar-refractivity contribution in [1.29, 1.82) is 0 Å². The van der Waals surface area contributed by atoms with E-state index in [9.17, 15) is 14.3 Å². The Bertz CT molecular complexity index is 742. The molecule has 0 aromatic heterocycles. The zero-order valence-electron chi connectivity index (χ0n) is 15.6. The number of benzene rings is 2. The molecule has 1 unspecified atom stereocenters. The lowest BCUT2D eigenvalue weighted by Crippen LogP contribution is -2.33. The average molecular weight is 393 g/mol. The Balaban J connectivity index is 1.65. The Morgan fingerprint density at radius 2 is 1.68 bits per heavy atom. The number of ether oxygens (including phenoxy) is 4. The van der Waals surface area contributed by atoms with E-state index in [2.05, 4.69) is 10.1 Å². The molecule has 2 aromatic carbocycles. The average Bonchev–Trinajstić information content (AvgIpc) is 2.71. The summed E-state index contributed by atoms with van der Waals surface area (Å²) in [6, 6.07) is 13.0. The molecule has 152 valence electrons. The van der Waals surface area contributed by atoms with Crippen LogP contribution < -0.4 is 19.5 Å². The van der Waals surface area contributed by atoms with Crippen LogP contribution >= 0.6 is 0 Å². The van der Waals surface area contributed by atoms with Gasteiger partial charge in [-0.1, -0.05) is 24.3 Å². The summed E-state index contributed by atoms with van der Waals surface area (Å²) in [4.78, 5) is 11.2. The molecule has 7 nitrogen and oxygen atoms in total. The van der Waals surface area contributed by atoms with Crippen LogP contribution in [0, 0.1) is 5.82 Å². The van der Waals surface area contributed by atoms with Gasteiger partial charge in [-0.05, 0) is 24.3 Å². The highest BCUT2D eigenvalue weighted by molar-refractivity contribution is 5.71. The van der Waals surface area contributed by atoms with Crippen LogP contribution in [0.4, 0.5) is 4.39 Å². The summed E-state index contributed by atoms with van der Waals surface area (Å²) in [5, 5.41) is 12.9. The van der Waals surface area contributed by atoms with E-state index in [1.165, 1.54) is 19.2 Å². The maximum Gasteiger partial charge on any atom is 0.343 e. The number of carbonyl (C=O) groups excluding carboxylic acids is 1. The molecule has 1 atom stereocenters. The second kappa shape index (κ2) is 11.8. The number of methoxy groups -OCH3 is 1. The molecule has 0 saturated carbocycles. The molecule has 0 spiro atoms. The van der Waals surface area contributed by atoms with E-state index in [1.54, 1.807) is 36.4 Å². The van der Waals surface area contributed by atoms with Gasteiger partial charge in [0.1, 0.15) is 19.3 Å². The first-order chi connectivity index (χ1) is 13.6. The minimum absolute atomic E-state index is 0.0288. The van der Waals surface area contributed by atoms with Crippen LogP contribution in [0.3, 0.4) is 0 Å². The van der Waals surface area contributed by atoms with E-state index in [-0.39, 0.29) is 25.5 Å². The second-order valence-electron chi connectivity index (χ2n) is 5.76. The summed E-state index contributed by atoms with van der Waals surface area (Å²) in [5.41, 5.74) is 0. The van der Waals surface area contributed by atoms with Crippen LogP contribution in [0.25, 0.3) is 0 Å². The lowest BCUT2D eigenvalue weighted by Gasteiger charge is -2.15. The molecule has 0 aliphatic heterocycles. The molecule has 0 heterocycles. The Hall–Kier alpha value is -2.84. The van der Waals surface area contributed by atoms with Crippen molar-refractivity contribution in [2.75, 3.05) is 40.0 Å². The maximum absolute atomic E-state index is 13.4. The first-order valence-corrected chi connectivity index (χ1v) is 8.77. The number of halogens is 1. The zero-order valence-corrected chi connectivity index (χ0v) is 15.6. The SMILES string of the molecule is COC(=O)COc1ccccc1OCCNCC(O)COc1ccccc1F. The molecule has 2 aromatic rings. The minimum atomic E-state index is -0.796. The second-order valence-corrected chi connectivity index (χ2v) is 5.76. The van der Waals surface area contributed by atoms with Crippen molar-refractivity contribution >= 4 is 5.97 Å². The van der Waals surface area contributed by atoms with Crippen LogP contribution in [0.2, 0.25) is 0 Å². The molecule has 0 fully saturated rings. The van der Waals surface area contributed by atoms with E-state index >= 15 is 0 Å². The van der Waals surface area contributed by atoms with Gasteiger partial charge < -0.3 is 29.4 Å². The number of carbonyl (C=O) groups is 1. The smallest absolute Gasteiger partial charge is 0.343 e. The van der Waals surface area contributed by atoms with Gasteiger partial charge in [-0.2, -0.15) is 0 Å². The Kier molecular flexibility index (Phi) is 9.03. The van der Waals surface area contributed by atoms with Crippen LogP contribution in [0.15, 0.2) is 48.5 Å². The Labute approximate surface area is 163 Å². The van der Waals surface area contributed by atoms with Gasteiger partial charge in [0.2, 0.25) is 0 Å². The third kappa shape index (κ3) is 7.42. The van der Waals surface area contributed by atoms with Crippen molar-refractivity contribution in [3.63, 3.8) is 0 Å². The van der Waals surface area contributed by atoms with Gasteiger partial charge in [-0.25, -0.2) is 9.18 Å². The van der Waals surface area contributed by atoms with Crippen molar-refractivity contribution in [3.8, 4) is 17.2 Å². The van der Waals surface area contributed by atoms with Gasteiger partial charge in [0.05, 0.1) is 7.11 Å². The van der Waals surface area contributed by atoms with Gasteiger partial charge in [0, 0.05) is 13.1 Å². The quantitative estimate of drug-likeness (QED) is 0.420. The normalized spacial score (nSPS) is 11.5. The highest BCUT2D eigenvalue weighted by atomic mass is 19.1. The fourth-order valence-electron chi connectivity index (χ4n) is 2.19. The summed E-state index contributed by atoms with van der Waals surface area (Å²) < 4.78 is 34.2. The van der Waals surface area contributed by atoms with E-state index in [1.807, 2.05) is 0 Å². The van der Waals surface area contributed by atoms with Crippen LogP contribution in [-0.2, 0) is 9.53 Å². The van der Waals surface area contributed by atoms with Gasteiger partial charge in [0.15, 0.2) is 29.7 Å². The van der Waals surface area contributed by atoms with Gasteiger partial charge in [-0.3, -0.25) is 0 Å². The molecule has 0 aliphatic rings.